The van der Waals surface area contributed by atoms with E-state index in [1.165, 1.54) is 6.07 Å². The maximum absolute atomic E-state index is 13.5. The predicted molar refractivity (Wildman–Crippen MR) is 105 cm³/mol. The summed E-state index contributed by atoms with van der Waals surface area (Å²) in [6, 6.07) is 5.33. The lowest BCUT2D eigenvalue weighted by Gasteiger charge is -2.25. The number of hydrogen-bond acceptors (Lipinski definition) is 3. The fourth-order valence-electron chi connectivity index (χ4n) is 3.33. The maximum atomic E-state index is 13.5. The predicted octanol–water partition coefficient (Wildman–Crippen LogP) is 4.15. The highest BCUT2D eigenvalue weighted by Gasteiger charge is 2.22. The molecular formula is C20H28ClFN4. The van der Waals surface area contributed by atoms with E-state index in [0.717, 1.165) is 56.1 Å². The molecular weight excluding hydrogens is 351 g/mol. The summed E-state index contributed by atoms with van der Waals surface area (Å²) in [5.74, 6) is 1.20. The minimum atomic E-state index is -0.396. The van der Waals surface area contributed by atoms with Crippen LogP contribution in [0.15, 0.2) is 24.4 Å². The third kappa shape index (κ3) is 4.45. The zero-order valence-electron chi connectivity index (χ0n) is 15.8. The molecule has 26 heavy (non-hydrogen) atoms. The first-order chi connectivity index (χ1) is 12.5. The minimum Gasteiger partial charge on any atom is -0.333 e. The smallest absolute Gasteiger partial charge is 0.141 e. The van der Waals surface area contributed by atoms with E-state index in [4.69, 9.17) is 16.6 Å². The molecule has 0 spiro atoms. The molecule has 2 aromatic rings. The summed E-state index contributed by atoms with van der Waals surface area (Å²) in [6.07, 6.45) is 4.29. The van der Waals surface area contributed by atoms with Gasteiger partial charge in [-0.05, 0) is 65.0 Å². The van der Waals surface area contributed by atoms with Gasteiger partial charge in [0.2, 0.25) is 0 Å². The summed E-state index contributed by atoms with van der Waals surface area (Å²) in [7, 11) is 2.15. The summed E-state index contributed by atoms with van der Waals surface area (Å²) < 4.78 is 15.8. The van der Waals surface area contributed by atoms with Gasteiger partial charge >= 0.3 is 0 Å². The number of rotatable bonds is 6. The normalized spacial score (nSPS) is 16.0. The zero-order chi connectivity index (χ0) is 18.7. The Balaban J connectivity index is 1.89. The molecule has 3 rings (SSSR count). The number of piperidine rings is 1. The fraction of sp³-hybridized carbons (Fsp3) is 0.550. The van der Waals surface area contributed by atoms with E-state index in [9.17, 15) is 4.39 Å². The third-order valence-electron chi connectivity index (χ3n) is 5.30. The standard InChI is InChI=1S/C20H28ClFN4/c1-14(2)25(3)10-11-26-13-19(16-4-5-18(22)17(21)12-16)24-20(26)15-6-8-23-9-7-15/h4-5,12-15,23H,6-11H2,1-3H3. The molecule has 1 saturated heterocycles. The topological polar surface area (TPSA) is 33.1 Å². The van der Waals surface area contributed by atoms with E-state index >= 15 is 0 Å². The summed E-state index contributed by atoms with van der Waals surface area (Å²) in [5.41, 5.74) is 1.73. The Morgan fingerprint density at radius 1 is 1.35 bits per heavy atom. The molecule has 1 aliphatic rings. The molecule has 4 nitrogen and oxygen atoms in total. The Morgan fingerprint density at radius 2 is 2.08 bits per heavy atom. The van der Waals surface area contributed by atoms with Gasteiger partial charge in [-0.25, -0.2) is 9.37 Å². The molecule has 0 aliphatic carbocycles. The number of likely N-dealkylation sites (N-methyl/N-ethyl adjacent to an activating group) is 1. The Bertz CT molecular complexity index is 737. The summed E-state index contributed by atoms with van der Waals surface area (Å²) in [5, 5.41) is 3.56. The number of imidazole rings is 1. The average Bonchev–Trinajstić information content (AvgIpc) is 3.07. The SMILES string of the molecule is CC(C)N(C)CCn1cc(-c2ccc(F)c(Cl)c2)nc1C1CCNCC1. The second kappa shape index (κ2) is 8.51. The second-order valence-electron chi connectivity index (χ2n) is 7.41. The van der Waals surface area contributed by atoms with E-state index in [0.29, 0.717) is 12.0 Å². The first-order valence-electron chi connectivity index (χ1n) is 9.39. The van der Waals surface area contributed by atoms with E-state index in [2.05, 4.69) is 41.9 Å². The van der Waals surface area contributed by atoms with Crippen LogP contribution in [-0.4, -0.2) is 47.2 Å². The van der Waals surface area contributed by atoms with Crippen molar-refractivity contribution in [2.75, 3.05) is 26.7 Å². The highest BCUT2D eigenvalue weighted by molar-refractivity contribution is 6.31. The molecule has 1 aromatic carbocycles. The van der Waals surface area contributed by atoms with E-state index in [1.807, 2.05) is 0 Å². The maximum Gasteiger partial charge on any atom is 0.141 e. The highest BCUT2D eigenvalue weighted by atomic mass is 35.5. The lowest BCUT2D eigenvalue weighted by Crippen LogP contribution is -2.31. The summed E-state index contributed by atoms with van der Waals surface area (Å²) in [4.78, 5) is 7.27. The van der Waals surface area contributed by atoms with Gasteiger partial charge in [-0.2, -0.15) is 0 Å². The van der Waals surface area contributed by atoms with Gasteiger partial charge in [-0.3, -0.25) is 0 Å². The third-order valence-corrected chi connectivity index (χ3v) is 5.59. The molecule has 0 atom stereocenters. The summed E-state index contributed by atoms with van der Waals surface area (Å²) in [6.45, 7) is 8.33. The van der Waals surface area contributed by atoms with Gasteiger partial charge < -0.3 is 14.8 Å². The van der Waals surface area contributed by atoms with Crippen LogP contribution < -0.4 is 5.32 Å². The lowest BCUT2D eigenvalue weighted by atomic mass is 9.97. The van der Waals surface area contributed by atoms with Crippen molar-refractivity contribution in [3.63, 3.8) is 0 Å². The molecule has 6 heteroatoms. The zero-order valence-corrected chi connectivity index (χ0v) is 16.6. The first-order valence-corrected chi connectivity index (χ1v) is 9.77. The van der Waals surface area contributed by atoms with Crippen LogP contribution in [-0.2, 0) is 6.54 Å². The van der Waals surface area contributed by atoms with Crippen LogP contribution in [0.5, 0.6) is 0 Å². The number of nitrogens with one attached hydrogen (secondary N) is 1. The van der Waals surface area contributed by atoms with Gasteiger partial charge in [0.25, 0.3) is 0 Å². The van der Waals surface area contributed by atoms with Crippen molar-refractivity contribution >= 4 is 11.6 Å². The Hall–Kier alpha value is -1.43. The largest absolute Gasteiger partial charge is 0.333 e. The minimum absolute atomic E-state index is 0.139. The van der Waals surface area contributed by atoms with Crippen LogP contribution in [0, 0.1) is 5.82 Å². The van der Waals surface area contributed by atoms with Gasteiger partial charge in [-0.1, -0.05) is 11.6 Å². The van der Waals surface area contributed by atoms with Crippen LogP contribution in [0.25, 0.3) is 11.3 Å². The number of halogens is 2. The van der Waals surface area contributed by atoms with Crippen LogP contribution >= 0.6 is 11.6 Å². The van der Waals surface area contributed by atoms with Crippen LogP contribution in [0.3, 0.4) is 0 Å². The molecule has 142 valence electrons. The van der Waals surface area contributed by atoms with Gasteiger partial charge in [-0.15, -0.1) is 0 Å². The lowest BCUT2D eigenvalue weighted by molar-refractivity contribution is 0.260. The first kappa shape index (κ1) is 19.3. The van der Waals surface area contributed by atoms with E-state index < -0.39 is 5.82 Å². The Labute approximate surface area is 160 Å². The summed E-state index contributed by atoms with van der Waals surface area (Å²) >= 11 is 5.97. The van der Waals surface area contributed by atoms with Crippen molar-refractivity contribution in [1.29, 1.82) is 0 Å². The average molecular weight is 379 g/mol. The number of nitrogens with zero attached hydrogens (tertiary/aromatic N) is 3. The van der Waals surface area contributed by atoms with Crippen LogP contribution in [0.2, 0.25) is 5.02 Å². The van der Waals surface area contributed by atoms with Crippen LogP contribution in [0.1, 0.15) is 38.4 Å². The van der Waals surface area contributed by atoms with Crippen molar-refractivity contribution < 1.29 is 4.39 Å². The molecule has 0 unspecified atom stereocenters. The Kier molecular flexibility index (Phi) is 6.33. The van der Waals surface area contributed by atoms with Crippen molar-refractivity contribution in [2.45, 2.75) is 45.2 Å². The monoisotopic (exact) mass is 378 g/mol. The molecule has 1 aromatic heterocycles. The molecule has 0 bridgehead atoms. The Morgan fingerprint density at radius 3 is 2.73 bits per heavy atom. The van der Waals surface area contributed by atoms with Crippen molar-refractivity contribution in [1.82, 2.24) is 19.8 Å². The van der Waals surface area contributed by atoms with E-state index in [-0.39, 0.29) is 5.02 Å². The molecule has 1 aliphatic heterocycles. The highest BCUT2D eigenvalue weighted by Crippen LogP contribution is 2.29. The molecule has 0 radical (unpaired) electrons. The van der Waals surface area contributed by atoms with Crippen molar-refractivity contribution in [3.05, 3.63) is 41.1 Å². The molecule has 1 fully saturated rings. The molecule has 2 heterocycles. The van der Waals surface area contributed by atoms with Crippen molar-refractivity contribution in [3.8, 4) is 11.3 Å². The van der Waals surface area contributed by atoms with Gasteiger partial charge in [0.05, 0.1) is 10.7 Å². The second-order valence-corrected chi connectivity index (χ2v) is 7.81. The molecule has 1 N–H and O–H groups in total. The fourth-order valence-corrected chi connectivity index (χ4v) is 3.51. The molecule has 0 amide bonds. The van der Waals surface area contributed by atoms with Gasteiger partial charge in [0.15, 0.2) is 0 Å². The molecule has 0 saturated carbocycles. The van der Waals surface area contributed by atoms with Gasteiger partial charge in [0.1, 0.15) is 11.6 Å². The number of benzene rings is 1. The van der Waals surface area contributed by atoms with Crippen molar-refractivity contribution in [2.24, 2.45) is 0 Å². The quantitative estimate of drug-likeness (QED) is 0.819. The number of hydrogen-bond donors (Lipinski definition) is 1. The van der Waals surface area contributed by atoms with E-state index in [1.54, 1.807) is 12.1 Å². The number of aromatic nitrogens is 2. The van der Waals surface area contributed by atoms with Gasteiger partial charge in [0, 0.05) is 36.8 Å². The van der Waals surface area contributed by atoms with Crippen LogP contribution in [0.4, 0.5) is 4.39 Å².